The van der Waals surface area contributed by atoms with Gasteiger partial charge in [0.1, 0.15) is 0 Å². The van der Waals surface area contributed by atoms with Crippen LogP contribution >= 0.6 is 0 Å². The lowest BCUT2D eigenvalue weighted by Gasteiger charge is -2.04. The van der Waals surface area contributed by atoms with E-state index < -0.39 is 0 Å². The standard InChI is InChI=1S/C14H26O/c1-5-9-13(7-3)11-15-12-14(8-4)10-6-2/h11-12H,5-10H2,1-4H3. The lowest BCUT2D eigenvalue weighted by Crippen LogP contribution is -1.85. The van der Waals surface area contributed by atoms with E-state index >= 15 is 0 Å². The largest absolute Gasteiger partial charge is 0.473 e. The molecule has 0 fully saturated rings. The van der Waals surface area contributed by atoms with Crippen LogP contribution in [0.15, 0.2) is 23.7 Å². The molecular formula is C14H26O. The molecule has 0 heterocycles. The normalized spacial score (nSPS) is 13.1. The first-order valence-electron chi connectivity index (χ1n) is 6.29. The van der Waals surface area contributed by atoms with Crippen LogP contribution in [0.3, 0.4) is 0 Å². The molecule has 0 saturated carbocycles. The summed E-state index contributed by atoms with van der Waals surface area (Å²) in [6, 6.07) is 0. The molecular weight excluding hydrogens is 184 g/mol. The zero-order valence-electron chi connectivity index (χ0n) is 10.8. The van der Waals surface area contributed by atoms with Gasteiger partial charge in [0, 0.05) is 0 Å². The van der Waals surface area contributed by atoms with Gasteiger partial charge in [-0.2, -0.15) is 0 Å². The van der Waals surface area contributed by atoms with Crippen LogP contribution in [0.2, 0.25) is 0 Å². The van der Waals surface area contributed by atoms with Crippen LogP contribution in [0, 0.1) is 0 Å². The number of rotatable bonds is 8. The van der Waals surface area contributed by atoms with Crippen molar-refractivity contribution in [2.45, 2.75) is 66.2 Å². The number of hydrogen-bond acceptors (Lipinski definition) is 1. The summed E-state index contributed by atoms with van der Waals surface area (Å²) in [6.07, 6.45) is 10.7. The van der Waals surface area contributed by atoms with E-state index in [2.05, 4.69) is 27.7 Å². The Bertz CT molecular complexity index is 179. The summed E-state index contributed by atoms with van der Waals surface area (Å²) in [6.45, 7) is 8.77. The van der Waals surface area contributed by atoms with Crippen LogP contribution < -0.4 is 0 Å². The van der Waals surface area contributed by atoms with Gasteiger partial charge in [-0.05, 0) is 36.8 Å². The second kappa shape index (κ2) is 9.82. The maximum atomic E-state index is 5.52. The summed E-state index contributed by atoms with van der Waals surface area (Å²) in [5.74, 6) is 0. The van der Waals surface area contributed by atoms with Crippen LogP contribution in [0.4, 0.5) is 0 Å². The molecule has 0 aliphatic rings. The number of allylic oxidation sites excluding steroid dienone is 2. The summed E-state index contributed by atoms with van der Waals surface area (Å²) >= 11 is 0. The first-order valence-corrected chi connectivity index (χ1v) is 6.29. The lowest BCUT2D eigenvalue weighted by atomic mass is 10.1. The van der Waals surface area contributed by atoms with Crippen molar-refractivity contribution in [3.63, 3.8) is 0 Å². The highest BCUT2D eigenvalue weighted by molar-refractivity contribution is 5.01. The van der Waals surface area contributed by atoms with Crippen LogP contribution in [-0.4, -0.2) is 0 Å². The fourth-order valence-corrected chi connectivity index (χ4v) is 1.51. The molecule has 0 aliphatic heterocycles. The third-order valence-electron chi connectivity index (χ3n) is 2.52. The van der Waals surface area contributed by atoms with E-state index in [9.17, 15) is 0 Å². The van der Waals surface area contributed by atoms with Gasteiger partial charge in [0.25, 0.3) is 0 Å². The Morgan fingerprint density at radius 2 is 1.20 bits per heavy atom. The maximum absolute atomic E-state index is 5.52. The molecule has 0 bridgehead atoms. The molecule has 0 aromatic carbocycles. The molecule has 0 spiro atoms. The van der Waals surface area contributed by atoms with Gasteiger partial charge in [-0.3, -0.25) is 0 Å². The topological polar surface area (TPSA) is 9.23 Å². The van der Waals surface area contributed by atoms with Gasteiger partial charge in [-0.25, -0.2) is 0 Å². The Hall–Kier alpha value is -0.720. The van der Waals surface area contributed by atoms with Crippen LogP contribution in [0.25, 0.3) is 0 Å². The average Bonchev–Trinajstić information content (AvgIpc) is 2.26. The number of hydrogen-bond donors (Lipinski definition) is 0. The molecule has 0 amide bonds. The van der Waals surface area contributed by atoms with Gasteiger partial charge in [0.2, 0.25) is 0 Å². The molecule has 1 heteroatoms. The van der Waals surface area contributed by atoms with E-state index in [1.54, 1.807) is 0 Å². The van der Waals surface area contributed by atoms with Crippen molar-refractivity contribution in [3.8, 4) is 0 Å². The molecule has 1 nitrogen and oxygen atoms in total. The van der Waals surface area contributed by atoms with Crippen molar-refractivity contribution < 1.29 is 4.74 Å². The molecule has 0 aromatic heterocycles. The highest BCUT2D eigenvalue weighted by Gasteiger charge is 1.94. The Morgan fingerprint density at radius 1 is 0.800 bits per heavy atom. The van der Waals surface area contributed by atoms with E-state index in [0.29, 0.717) is 0 Å². The minimum Gasteiger partial charge on any atom is -0.473 e. The Labute approximate surface area is 95.2 Å². The van der Waals surface area contributed by atoms with Gasteiger partial charge < -0.3 is 4.74 Å². The third kappa shape index (κ3) is 7.24. The van der Waals surface area contributed by atoms with Crippen LogP contribution in [0.1, 0.15) is 66.2 Å². The molecule has 0 aliphatic carbocycles. The Balaban J connectivity index is 4.09. The average molecular weight is 210 g/mol. The summed E-state index contributed by atoms with van der Waals surface area (Å²) in [5, 5.41) is 0. The van der Waals surface area contributed by atoms with E-state index in [4.69, 9.17) is 4.74 Å². The summed E-state index contributed by atoms with van der Waals surface area (Å²) in [5.41, 5.74) is 2.81. The van der Waals surface area contributed by atoms with Crippen molar-refractivity contribution in [1.29, 1.82) is 0 Å². The van der Waals surface area contributed by atoms with E-state index in [1.165, 1.54) is 24.0 Å². The molecule has 0 saturated heterocycles. The molecule has 0 rings (SSSR count). The number of ether oxygens (including phenoxy) is 1. The molecule has 0 atom stereocenters. The predicted octanol–water partition coefficient (Wildman–Crippen LogP) is 5.19. The van der Waals surface area contributed by atoms with Gasteiger partial charge in [0.05, 0.1) is 12.5 Å². The maximum Gasteiger partial charge on any atom is 0.0893 e. The minimum atomic E-state index is 1.09. The molecule has 0 N–H and O–H groups in total. The van der Waals surface area contributed by atoms with Crippen molar-refractivity contribution in [1.82, 2.24) is 0 Å². The monoisotopic (exact) mass is 210 g/mol. The summed E-state index contributed by atoms with van der Waals surface area (Å²) in [4.78, 5) is 0. The van der Waals surface area contributed by atoms with E-state index in [1.807, 2.05) is 12.5 Å². The van der Waals surface area contributed by atoms with Gasteiger partial charge in [-0.1, -0.05) is 40.5 Å². The minimum absolute atomic E-state index is 1.09. The predicted molar refractivity (Wildman–Crippen MR) is 67.6 cm³/mol. The van der Waals surface area contributed by atoms with E-state index in [-0.39, 0.29) is 0 Å². The molecule has 88 valence electrons. The van der Waals surface area contributed by atoms with E-state index in [0.717, 1.165) is 25.7 Å². The van der Waals surface area contributed by atoms with Gasteiger partial charge in [-0.15, -0.1) is 0 Å². The SMILES string of the molecule is CCCC(=COC=C(CC)CCC)CC. The van der Waals surface area contributed by atoms with Crippen LogP contribution in [0.5, 0.6) is 0 Å². The lowest BCUT2D eigenvalue weighted by molar-refractivity contribution is 0.386. The highest BCUT2D eigenvalue weighted by Crippen LogP contribution is 2.12. The zero-order chi connectivity index (χ0) is 11.5. The van der Waals surface area contributed by atoms with Crippen LogP contribution in [-0.2, 0) is 4.74 Å². The molecule has 0 radical (unpaired) electrons. The third-order valence-corrected chi connectivity index (χ3v) is 2.52. The summed E-state index contributed by atoms with van der Waals surface area (Å²) in [7, 11) is 0. The van der Waals surface area contributed by atoms with Crippen molar-refractivity contribution in [2.75, 3.05) is 0 Å². The van der Waals surface area contributed by atoms with Crippen molar-refractivity contribution >= 4 is 0 Å². The van der Waals surface area contributed by atoms with Gasteiger partial charge >= 0.3 is 0 Å². The summed E-state index contributed by atoms with van der Waals surface area (Å²) < 4.78 is 5.52. The molecule has 0 unspecified atom stereocenters. The Kier molecular flexibility index (Phi) is 9.35. The first kappa shape index (κ1) is 14.3. The van der Waals surface area contributed by atoms with Crippen molar-refractivity contribution in [2.24, 2.45) is 0 Å². The zero-order valence-corrected chi connectivity index (χ0v) is 10.8. The second-order valence-electron chi connectivity index (χ2n) is 3.90. The second-order valence-corrected chi connectivity index (χ2v) is 3.90. The first-order chi connectivity index (χ1) is 7.28. The fourth-order valence-electron chi connectivity index (χ4n) is 1.51. The highest BCUT2D eigenvalue weighted by atomic mass is 16.5. The molecule has 15 heavy (non-hydrogen) atoms. The quantitative estimate of drug-likeness (QED) is 0.501. The van der Waals surface area contributed by atoms with Gasteiger partial charge in [0.15, 0.2) is 0 Å². The molecule has 0 aromatic rings. The van der Waals surface area contributed by atoms with Crippen molar-refractivity contribution in [3.05, 3.63) is 23.7 Å². The fraction of sp³-hybridized carbons (Fsp3) is 0.714. The Morgan fingerprint density at radius 3 is 1.47 bits per heavy atom. The smallest absolute Gasteiger partial charge is 0.0893 e.